The van der Waals surface area contributed by atoms with Gasteiger partial charge in [-0.2, -0.15) is 5.26 Å². The lowest BCUT2D eigenvalue weighted by Gasteiger charge is -2.25. The maximum absolute atomic E-state index is 13.3. The molecule has 1 amide bonds. The SMILES string of the molecule is Cc1c(-c2ccc(Oc3ccccc3)cc2)c2c(N)ncnc2n1C[C@@H]1CCCN1C(=O)/C(C#N)=C/C1CC1. The standard InChI is InChI=1S/C31H30N6O2/c1-20-27(22-11-13-26(14-12-22)39-25-7-3-2-4-8-25)28-29(33)34-19-35-30(28)37(20)18-24-6-5-15-36(24)31(38)23(17-32)16-21-9-10-21/h2-4,7-8,11-14,16,19,21,24H,5-6,9-10,15,18H2,1H3,(H2,33,34,35)/b23-16+/t24-/m0/s1. The van der Waals surface area contributed by atoms with Crippen molar-refractivity contribution in [1.29, 1.82) is 5.26 Å². The Morgan fingerprint density at radius 2 is 1.85 bits per heavy atom. The Bertz CT molecular complexity index is 1600. The molecule has 2 aromatic carbocycles. The van der Waals surface area contributed by atoms with Crippen LogP contribution in [0.4, 0.5) is 5.82 Å². The molecular weight excluding hydrogens is 488 g/mol. The van der Waals surface area contributed by atoms with Crippen molar-refractivity contribution in [2.24, 2.45) is 5.92 Å². The minimum atomic E-state index is -0.163. The number of nitriles is 1. The number of nitrogens with zero attached hydrogens (tertiary/aromatic N) is 5. The Hall–Kier alpha value is -4.64. The zero-order valence-corrected chi connectivity index (χ0v) is 21.9. The number of nitrogen functional groups attached to an aromatic ring is 1. The van der Waals surface area contributed by atoms with Crippen LogP contribution in [0.2, 0.25) is 0 Å². The molecule has 8 nitrogen and oxygen atoms in total. The molecule has 39 heavy (non-hydrogen) atoms. The van der Waals surface area contributed by atoms with Gasteiger partial charge < -0.3 is 19.9 Å². The van der Waals surface area contributed by atoms with Crippen molar-refractivity contribution in [2.45, 2.75) is 45.2 Å². The Labute approximate surface area is 227 Å². The van der Waals surface area contributed by atoms with E-state index in [1.165, 1.54) is 6.33 Å². The van der Waals surface area contributed by atoms with E-state index in [-0.39, 0.29) is 17.5 Å². The second-order valence-electron chi connectivity index (χ2n) is 10.3. The van der Waals surface area contributed by atoms with Gasteiger partial charge in [-0.25, -0.2) is 9.97 Å². The molecule has 2 fully saturated rings. The number of fused-ring (bicyclic) bond motifs is 1. The number of ether oxygens (including phenoxy) is 1. The van der Waals surface area contributed by atoms with Gasteiger partial charge in [-0.1, -0.05) is 36.4 Å². The number of likely N-dealkylation sites (tertiary alicyclic amines) is 1. The number of carbonyl (C=O) groups is 1. The lowest BCUT2D eigenvalue weighted by atomic mass is 10.0. The first-order valence-electron chi connectivity index (χ1n) is 13.4. The molecule has 2 aliphatic rings. The molecule has 196 valence electrons. The number of allylic oxidation sites excluding steroid dienone is 1. The summed E-state index contributed by atoms with van der Waals surface area (Å²) in [5.41, 5.74) is 10.4. The van der Waals surface area contributed by atoms with Gasteiger partial charge in [0.2, 0.25) is 0 Å². The van der Waals surface area contributed by atoms with Gasteiger partial charge in [0.1, 0.15) is 40.9 Å². The average molecular weight is 519 g/mol. The van der Waals surface area contributed by atoms with Gasteiger partial charge in [0.15, 0.2) is 0 Å². The summed E-state index contributed by atoms with van der Waals surface area (Å²) in [6, 6.07) is 19.7. The van der Waals surface area contributed by atoms with Crippen LogP contribution in [-0.4, -0.2) is 37.9 Å². The van der Waals surface area contributed by atoms with E-state index in [1.54, 1.807) is 0 Å². The molecule has 0 bridgehead atoms. The highest BCUT2D eigenvalue weighted by atomic mass is 16.5. The highest BCUT2D eigenvalue weighted by Gasteiger charge is 2.33. The zero-order valence-electron chi connectivity index (χ0n) is 21.9. The summed E-state index contributed by atoms with van der Waals surface area (Å²) in [7, 11) is 0. The van der Waals surface area contributed by atoms with Crippen molar-refractivity contribution >= 4 is 22.8 Å². The van der Waals surface area contributed by atoms with E-state index < -0.39 is 0 Å². The van der Waals surface area contributed by atoms with E-state index in [0.29, 0.717) is 24.8 Å². The molecule has 2 aromatic heterocycles. The number of hydrogen-bond acceptors (Lipinski definition) is 6. The van der Waals surface area contributed by atoms with E-state index in [1.807, 2.05) is 65.6 Å². The molecule has 0 radical (unpaired) electrons. The lowest BCUT2D eigenvalue weighted by molar-refractivity contribution is -0.127. The molecule has 8 heteroatoms. The number of benzene rings is 2. The van der Waals surface area contributed by atoms with Crippen molar-refractivity contribution in [3.05, 3.63) is 78.3 Å². The smallest absolute Gasteiger partial charge is 0.264 e. The normalized spacial score (nSPS) is 17.4. The van der Waals surface area contributed by atoms with Crippen LogP contribution in [0.25, 0.3) is 22.2 Å². The molecule has 1 aliphatic carbocycles. The minimum absolute atomic E-state index is 0.0339. The van der Waals surface area contributed by atoms with Gasteiger partial charge in [0.05, 0.1) is 11.4 Å². The van der Waals surface area contributed by atoms with Crippen LogP contribution in [0, 0.1) is 24.2 Å². The first kappa shape index (κ1) is 24.7. The number of rotatable bonds is 7. The first-order valence-corrected chi connectivity index (χ1v) is 13.4. The third-order valence-electron chi connectivity index (χ3n) is 7.66. The van der Waals surface area contributed by atoms with Gasteiger partial charge in [0, 0.05) is 24.3 Å². The van der Waals surface area contributed by atoms with Crippen molar-refractivity contribution in [1.82, 2.24) is 19.4 Å². The van der Waals surface area contributed by atoms with Gasteiger partial charge in [-0.05, 0) is 68.4 Å². The van der Waals surface area contributed by atoms with Crippen LogP contribution >= 0.6 is 0 Å². The van der Waals surface area contributed by atoms with Crippen LogP contribution in [0.3, 0.4) is 0 Å². The molecule has 1 saturated carbocycles. The molecule has 0 unspecified atom stereocenters. The van der Waals surface area contributed by atoms with E-state index >= 15 is 0 Å². The Morgan fingerprint density at radius 3 is 2.56 bits per heavy atom. The van der Waals surface area contributed by atoms with Gasteiger partial charge in [0.25, 0.3) is 5.91 Å². The lowest BCUT2D eigenvalue weighted by Crippen LogP contribution is -2.39. The Kier molecular flexibility index (Phi) is 6.49. The Balaban J connectivity index is 1.32. The van der Waals surface area contributed by atoms with Crippen molar-refractivity contribution < 1.29 is 9.53 Å². The summed E-state index contributed by atoms with van der Waals surface area (Å²) in [6.07, 6.45) is 7.22. The van der Waals surface area contributed by atoms with E-state index in [4.69, 9.17) is 10.5 Å². The quantitative estimate of drug-likeness (QED) is 0.251. The predicted octanol–water partition coefficient (Wildman–Crippen LogP) is 5.63. The largest absolute Gasteiger partial charge is 0.457 e. The fourth-order valence-electron chi connectivity index (χ4n) is 5.51. The number of para-hydroxylation sites is 1. The highest BCUT2D eigenvalue weighted by molar-refractivity contribution is 6.02. The average Bonchev–Trinajstić information content (AvgIpc) is 3.58. The fraction of sp³-hybridized carbons (Fsp3) is 0.290. The first-order chi connectivity index (χ1) is 19.0. The van der Waals surface area contributed by atoms with E-state index in [2.05, 4.69) is 27.5 Å². The van der Waals surface area contributed by atoms with Crippen LogP contribution in [0.15, 0.2) is 72.6 Å². The predicted molar refractivity (Wildman–Crippen MR) is 150 cm³/mol. The van der Waals surface area contributed by atoms with Crippen molar-refractivity contribution in [2.75, 3.05) is 12.3 Å². The number of aromatic nitrogens is 3. The van der Waals surface area contributed by atoms with Gasteiger partial charge in [-0.3, -0.25) is 4.79 Å². The van der Waals surface area contributed by atoms with E-state index in [9.17, 15) is 10.1 Å². The highest BCUT2D eigenvalue weighted by Crippen LogP contribution is 2.38. The van der Waals surface area contributed by atoms with Crippen LogP contribution in [-0.2, 0) is 11.3 Å². The zero-order chi connectivity index (χ0) is 26.9. The summed E-state index contributed by atoms with van der Waals surface area (Å²) in [5.74, 6) is 2.14. The fourth-order valence-corrected chi connectivity index (χ4v) is 5.51. The molecule has 1 aliphatic heterocycles. The molecule has 0 spiro atoms. The number of amides is 1. The maximum Gasteiger partial charge on any atom is 0.264 e. The van der Waals surface area contributed by atoms with E-state index in [0.717, 1.165) is 65.0 Å². The number of carbonyl (C=O) groups excluding carboxylic acids is 1. The maximum atomic E-state index is 13.3. The minimum Gasteiger partial charge on any atom is -0.457 e. The van der Waals surface area contributed by atoms with Crippen LogP contribution < -0.4 is 10.5 Å². The van der Waals surface area contributed by atoms with Crippen LogP contribution in [0.5, 0.6) is 11.5 Å². The number of anilines is 1. The summed E-state index contributed by atoms with van der Waals surface area (Å²) < 4.78 is 8.12. The van der Waals surface area contributed by atoms with Crippen molar-refractivity contribution in [3.63, 3.8) is 0 Å². The topological polar surface area (TPSA) is 110 Å². The summed E-state index contributed by atoms with van der Waals surface area (Å²) >= 11 is 0. The Morgan fingerprint density at radius 1 is 1.10 bits per heavy atom. The monoisotopic (exact) mass is 518 g/mol. The second-order valence-corrected chi connectivity index (χ2v) is 10.3. The molecule has 1 saturated heterocycles. The second kappa shape index (κ2) is 10.3. The van der Waals surface area contributed by atoms with Gasteiger partial charge >= 0.3 is 0 Å². The summed E-state index contributed by atoms with van der Waals surface area (Å²) in [5, 5.41) is 10.4. The molecule has 1 atom stereocenters. The summed E-state index contributed by atoms with van der Waals surface area (Å²) in [4.78, 5) is 24.1. The molecular formula is C31H30N6O2. The molecule has 6 rings (SSSR count). The van der Waals surface area contributed by atoms with Crippen LogP contribution in [0.1, 0.15) is 31.4 Å². The number of hydrogen-bond donors (Lipinski definition) is 1. The summed E-state index contributed by atoms with van der Waals surface area (Å²) in [6.45, 7) is 3.28. The molecule has 2 N–H and O–H groups in total. The molecule has 3 heterocycles. The van der Waals surface area contributed by atoms with Crippen molar-refractivity contribution in [3.8, 4) is 28.7 Å². The van der Waals surface area contributed by atoms with Gasteiger partial charge in [-0.15, -0.1) is 0 Å². The number of nitrogens with two attached hydrogens (primary N) is 1. The third kappa shape index (κ3) is 4.84. The third-order valence-corrected chi connectivity index (χ3v) is 7.66. The molecule has 4 aromatic rings.